The molecule has 0 aromatic rings. The fourth-order valence-corrected chi connectivity index (χ4v) is 2.65. The van der Waals surface area contributed by atoms with Crippen LogP contribution in [0.15, 0.2) is 0 Å². The number of hydrogen-bond acceptors (Lipinski definition) is 6. The second-order valence-electron chi connectivity index (χ2n) is 6.01. The molecule has 1 rings (SSSR count). The van der Waals surface area contributed by atoms with Gasteiger partial charge in [-0.05, 0) is 26.2 Å². The first-order chi connectivity index (χ1) is 12.2. The standard InChI is InChI=1S/C15H24N4O7/c1-8(13(23)18-9(15(25)26)4-5-12(21)22)17-14(24)10-3-2-6-19(10)11(20)7-16/h8-10H,2-7,16H2,1H3,(H,17,24)(H,18,23)(H,21,22)(H,25,26)/t8-,9-,10-/m0/s1. The van der Waals surface area contributed by atoms with Crippen molar-refractivity contribution < 1.29 is 34.2 Å². The number of aliphatic carboxylic acids is 2. The van der Waals surface area contributed by atoms with Gasteiger partial charge in [0.25, 0.3) is 0 Å². The lowest BCUT2D eigenvalue weighted by Gasteiger charge is -2.25. The highest BCUT2D eigenvalue weighted by atomic mass is 16.4. The highest BCUT2D eigenvalue weighted by Crippen LogP contribution is 2.17. The summed E-state index contributed by atoms with van der Waals surface area (Å²) in [4.78, 5) is 59.1. The summed E-state index contributed by atoms with van der Waals surface area (Å²) in [6.07, 6.45) is 0.387. The molecule has 11 heteroatoms. The number of nitrogens with two attached hydrogens (primary N) is 1. The van der Waals surface area contributed by atoms with Crippen molar-refractivity contribution in [1.29, 1.82) is 0 Å². The van der Waals surface area contributed by atoms with Gasteiger partial charge in [-0.15, -0.1) is 0 Å². The van der Waals surface area contributed by atoms with E-state index in [1.807, 2.05) is 0 Å². The summed E-state index contributed by atoms with van der Waals surface area (Å²) < 4.78 is 0. The number of likely N-dealkylation sites (tertiary alicyclic amines) is 1. The minimum Gasteiger partial charge on any atom is -0.481 e. The Morgan fingerprint density at radius 3 is 2.38 bits per heavy atom. The second-order valence-corrected chi connectivity index (χ2v) is 6.01. The minimum absolute atomic E-state index is 0.219. The third kappa shape index (κ3) is 5.99. The molecule has 0 unspecified atom stereocenters. The highest BCUT2D eigenvalue weighted by Gasteiger charge is 2.34. The van der Waals surface area contributed by atoms with Crippen LogP contribution < -0.4 is 16.4 Å². The van der Waals surface area contributed by atoms with Crippen LogP contribution in [0.4, 0.5) is 0 Å². The molecule has 1 aliphatic rings. The van der Waals surface area contributed by atoms with E-state index in [1.165, 1.54) is 11.8 Å². The summed E-state index contributed by atoms with van der Waals surface area (Å²) in [6, 6.07) is -3.15. The molecular weight excluding hydrogens is 348 g/mol. The van der Waals surface area contributed by atoms with Gasteiger partial charge in [0.15, 0.2) is 0 Å². The molecule has 0 aromatic heterocycles. The molecule has 1 saturated heterocycles. The molecular formula is C15H24N4O7. The normalized spacial score (nSPS) is 18.7. The average molecular weight is 372 g/mol. The fourth-order valence-electron chi connectivity index (χ4n) is 2.65. The lowest BCUT2D eigenvalue weighted by molar-refractivity contribution is -0.143. The van der Waals surface area contributed by atoms with Gasteiger partial charge < -0.3 is 31.5 Å². The van der Waals surface area contributed by atoms with E-state index in [4.69, 9.17) is 15.9 Å². The minimum atomic E-state index is -1.38. The van der Waals surface area contributed by atoms with Crippen LogP contribution in [0.2, 0.25) is 0 Å². The van der Waals surface area contributed by atoms with E-state index in [-0.39, 0.29) is 18.9 Å². The van der Waals surface area contributed by atoms with Crippen molar-refractivity contribution in [2.45, 2.75) is 50.7 Å². The molecule has 0 aliphatic carbocycles. The predicted octanol–water partition coefficient (Wildman–Crippen LogP) is -2.12. The van der Waals surface area contributed by atoms with Crippen LogP contribution in [0.1, 0.15) is 32.6 Å². The molecule has 0 aromatic carbocycles. The molecule has 1 fully saturated rings. The Morgan fingerprint density at radius 2 is 1.85 bits per heavy atom. The number of carboxylic acid groups (broad SMARTS) is 2. The number of carboxylic acids is 2. The Balaban J connectivity index is 2.61. The van der Waals surface area contributed by atoms with Gasteiger partial charge in [0.1, 0.15) is 18.1 Å². The van der Waals surface area contributed by atoms with Gasteiger partial charge in [-0.25, -0.2) is 4.79 Å². The molecule has 6 N–H and O–H groups in total. The van der Waals surface area contributed by atoms with Crippen molar-refractivity contribution in [3.05, 3.63) is 0 Å². The number of amides is 3. The lowest BCUT2D eigenvalue weighted by Crippen LogP contribution is -2.54. The van der Waals surface area contributed by atoms with Crippen LogP contribution in [0.3, 0.4) is 0 Å². The SMILES string of the molecule is C[C@H](NC(=O)[C@@H]1CCCN1C(=O)CN)C(=O)N[C@@H](CCC(=O)O)C(=O)O. The zero-order chi connectivity index (χ0) is 19.9. The van der Waals surface area contributed by atoms with Crippen LogP contribution in [0, 0.1) is 0 Å². The van der Waals surface area contributed by atoms with Crippen LogP contribution >= 0.6 is 0 Å². The summed E-state index contributed by atoms with van der Waals surface area (Å²) in [5.74, 6) is -4.19. The Morgan fingerprint density at radius 1 is 1.19 bits per heavy atom. The van der Waals surface area contributed by atoms with Gasteiger partial charge >= 0.3 is 11.9 Å². The third-order valence-electron chi connectivity index (χ3n) is 4.06. The third-order valence-corrected chi connectivity index (χ3v) is 4.06. The predicted molar refractivity (Wildman–Crippen MR) is 87.8 cm³/mol. The van der Waals surface area contributed by atoms with Crippen molar-refractivity contribution >= 4 is 29.7 Å². The Bertz CT molecular complexity index is 580. The van der Waals surface area contributed by atoms with E-state index in [9.17, 15) is 24.0 Å². The lowest BCUT2D eigenvalue weighted by atomic mass is 10.1. The van der Waals surface area contributed by atoms with E-state index in [2.05, 4.69) is 10.6 Å². The average Bonchev–Trinajstić information content (AvgIpc) is 3.06. The van der Waals surface area contributed by atoms with Gasteiger partial charge in [-0.3, -0.25) is 19.2 Å². The fraction of sp³-hybridized carbons (Fsp3) is 0.667. The molecule has 3 atom stereocenters. The summed E-state index contributed by atoms with van der Waals surface area (Å²) in [5.41, 5.74) is 5.31. The molecule has 3 amide bonds. The van der Waals surface area contributed by atoms with E-state index in [0.29, 0.717) is 19.4 Å². The van der Waals surface area contributed by atoms with E-state index in [0.717, 1.165) is 0 Å². The molecule has 0 saturated carbocycles. The second kappa shape index (κ2) is 9.70. The zero-order valence-corrected chi connectivity index (χ0v) is 14.4. The molecule has 0 radical (unpaired) electrons. The molecule has 0 bridgehead atoms. The maximum absolute atomic E-state index is 12.3. The molecule has 146 valence electrons. The van der Waals surface area contributed by atoms with Crippen molar-refractivity contribution in [2.75, 3.05) is 13.1 Å². The largest absolute Gasteiger partial charge is 0.481 e. The van der Waals surface area contributed by atoms with Crippen LogP contribution in [0.5, 0.6) is 0 Å². The first kappa shape index (κ1) is 21.4. The van der Waals surface area contributed by atoms with Crippen LogP contribution in [-0.4, -0.2) is 76.0 Å². The van der Waals surface area contributed by atoms with Gasteiger partial charge in [0.2, 0.25) is 17.7 Å². The number of hydrogen-bond donors (Lipinski definition) is 5. The van der Waals surface area contributed by atoms with E-state index in [1.54, 1.807) is 0 Å². The van der Waals surface area contributed by atoms with Gasteiger partial charge in [-0.2, -0.15) is 0 Å². The van der Waals surface area contributed by atoms with Crippen molar-refractivity contribution in [3.63, 3.8) is 0 Å². The van der Waals surface area contributed by atoms with Crippen LogP contribution in [-0.2, 0) is 24.0 Å². The first-order valence-electron chi connectivity index (χ1n) is 8.22. The first-order valence-corrected chi connectivity index (χ1v) is 8.22. The van der Waals surface area contributed by atoms with E-state index < -0.39 is 48.3 Å². The zero-order valence-electron chi connectivity index (χ0n) is 14.4. The number of nitrogens with one attached hydrogen (secondary N) is 2. The Kier molecular flexibility index (Phi) is 7.97. The summed E-state index contributed by atoms with van der Waals surface area (Å²) in [7, 11) is 0. The van der Waals surface area contributed by atoms with Crippen molar-refractivity contribution in [1.82, 2.24) is 15.5 Å². The molecule has 11 nitrogen and oxygen atoms in total. The molecule has 1 heterocycles. The monoisotopic (exact) mass is 372 g/mol. The molecule has 26 heavy (non-hydrogen) atoms. The number of nitrogens with zero attached hydrogens (tertiary/aromatic N) is 1. The van der Waals surface area contributed by atoms with Gasteiger partial charge in [0.05, 0.1) is 6.54 Å². The number of carbonyl (C=O) groups is 5. The molecule has 1 aliphatic heterocycles. The van der Waals surface area contributed by atoms with Gasteiger partial charge in [-0.1, -0.05) is 0 Å². The van der Waals surface area contributed by atoms with Gasteiger partial charge in [0, 0.05) is 13.0 Å². The van der Waals surface area contributed by atoms with Crippen molar-refractivity contribution in [2.24, 2.45) is 5.73 Å². The summed E-state index contributed by atoms with van der Waals surface area (Å²) >= 11 is 0. The Labute approximate surface area is 149 Å². The molecule has 0 spiro atoms. The highest BCUT2D eigenvalue weighted by molar-refractivity contribution is 5.93. The van der Waals surface area contributed by atoms with E-state index >= 15 is 0 Å². The summed E-state index contributed by atoms with van der Waals surface area (Å²) in [5, 5.41) is 22.3. The summed E-state index contributed by atoms with van der Waals surface area (Å²) in [6.45, 7) is 1.56. The van der Waals surface area contributed by atoms with Crippen molar-refractivity contribution in [3.8, 4) is 0 Å². The maximum atomic E-state index is 12.3. The Hall–Kier alpha value is -2.69. The van der Waals surface area contributed by atoms with Crippen LogP contribution in [0.25, 0.3) is 0 Å². The smallest absolute Gasteiger partial charge is 0.326 e. The maximum Gasteiger partial charge on any atom is 0.326 e. The number of carbonyl (C=O) groups excluding carboxylic acids is 3. The quantitative estimate of drug-likeness (QED) is 0.304. The topological polar surface area (TPSA) is 179 Å². The number of rotatable bonds is 9.